The van der Waals surface area contributed by atoms with Crippen LogP contribution in [-0.2, 0) is 6.54 Å². The number of piperidine rings is 1. The molecule has 1 aromatic carbocycles. The van der Waals surface area contributed by atoms with Gasteiger partial charge in [-0.2, -0.15) is 5.10 Å². The number of aryl methyl sites for hydroxylation is 2. The quantitative estimate of drug-likeness (QED) is 0.793. The van der Waals surface area contributed by atoms with Crippen LogP contribution in [0.25, 0.3) is 10.9 Å². The summed E-state index contributed by atoms with van der Waals surface area (Å²) in [6, 6.07) is 12.3. The van der Waals surface area contributed by atoms with Crippen molar-refractivity contribution in [3.63, 3.8) is 0 Å². The first-order valence-corrected chi connectivity index (χ1v) is 9.01. The first kappa shape index (κ1) is 15.9. The molecule has 0 bridgehead atoms. The Morgan fingerprint density at radius 3 is 2.84 bits per heavy atom. The van der Waals surface area contributed by atoms with Gasteiger partial charge in [0.25, 0.3) is 5.91 Å². The molecule has 1 saturated heterocycles. The molecule has 1 N–H and O–H groups in total. The number of nitrogens with zero attached hydrogens (tertiary/aromatic N) is 3. The van der Waals surface area contributed by atoms with E-state index in [1.165, 1.54) is 6.42 Å². The van der Waals surface area contributed by atoms with Crippen LogP contribution in [0.4, 0.5) is 0 Å². The number of para-hydroxylation sites is 1. The Labute approximate surface area is 147 Å². The van der Waals surface area contributed by atoms with Gasteiger partial charge in [0.15, 0.2) is 0 Å². The summed E-state index contributed by atoms with van der Waals surface area (Å²) >= 11 is 0. The average molecular weight is 336 g/mol. The highest BCUT2D eigenvalue weighted by Gasteiger charge is 2.29. The zero-order valence-electron chi connectivity index (χ0n) is 14.8. The minimum Gasteiger partial charge on any atom is -0.351 e. The number of rotatable bonds is 3. The van der Waals surface area contributed by atoms with Crippen molar-refractivity contribution in [2.75, 3.05) is 6.54 Å². The van der Waals surface area contributed by atoms with Crippen molar-refractivity contribution < 1.29 is 4.79 Å². The maximum absolute atomic E-state index is 13.1. The molecule has 1 fully saturated rings. The van der Waals surface area contributed by atoms with E-state index in [0.29, 0.717) is 5.69 Å². The van der Waals surface area contributed by atoms with Gasteiger partial charge >= 0.3 is 0 Å². The van der Waals surface area contributed by atoms with Crippen LogP contribution in [0.2, 0.25) is 0 Å². The van der Waals surface area contributed by atoms with Gasteiger partial charge in [-0.3, -0.25) is 9.48 Å². The highest BCUT2D eigenvalue weighted by atomic mass is 16.2. The van der Waals surface area contributed by atoms with E-state index in [1.54, 1.807) is 0 Å². The van der Waals surface area contributed by atoms with Gasteiger partial charge in [-0.15, -0.1) is 0 Å². The molecule has 1 amide bonds. The summed E-state index contributed by atoms with van der Waals surface area (Å²) in [5, 5.41) is 5.66. The smallest absolute Gasteiger partial charge is 0.270 e. The molecule has 5 nitrogen and oxygen atoms in total. The zero-order valence-corrected chi connectivity index (χ0v) is 14.8. The number of benzene rings is 1. The van der Waals surface area contributed by atoms with Gasteiger partial charge in [-0.1, -0.05) is 18.2 Å². The van der Waals surface area contributed by atoms with E-state index in [1.807, 2.05) is 46.8 Å². The summed E-state index contributed by atoms with van der Waals surface area (Å²) in [7, 11) is 0. The maximum atomic E-state index is 13.1. The number of hydrogen-bond donors (Lipinski definition) is 1. The molecule has 0 saturated carbocycles. The second-order valence-electron chi connectivity index (χ2n) is 7.03. The van der Waals surface area contributed by atoms with Crippen molar-refractivity contribution in [3.05, 3.63) is 53.5 Å². The fourth-order valence-corrected chi connectivity index (χ4v) is 3.86. The SMILES string of the molecule is Cc1cc(C)n(C[C@H]2CCCCN2C(=O)c2cc3ccccc3[nH]2)n1. The summed E-state index contributed by atoms with van der Waals surface area (Å²) < 4.78 is 2.04. The fourth-order valence-electron chi connectivity index (χ4n) is 3.86. The molecule has 4 rings (SSSR count). The van der Waals surface area contributed by atoms with Crippen LogP contribution in [0.15, 0.2) is 36.4 Å². The Balaban J connectivity index is 1.59. The number of amides is 1. The van der Waals surface area contributed by atoms with Crippen molar-refractivity contribution in [3.8, 4) is 0 Å². The van der Waals surface area contributed by atoms with Gasteiger partial charge in [0.05, 0.1) is 18.3 Å². The topological polar surface area (TPSA) is 53.9 Å². The predicted molar refractivity (Wildman–Crippen MR) is 98.7 cm³/mol. The van der Waals surface area contributed by atoms with Crippen molar-refractivity contribution >= 4 is 16.8 Å². The minimum absolute atomic E-state index is 0.0995. The van der Waals surface area contributed by atoms with E-state index in [-0.39, 0.29) is 11.9 Å². The molecular formula is C20H24N4O. The second-order valence-corrected chi connectivity index (χ2v) is 7.03. The summed E-state index contributed by atoms with van der Waals surface area (Å²) in [5.74, 6) is 0.0995. The summed E-state index contributed by atoms with van der Waals surface area (Å²) in [4.78, 5) is 18.4. The van der Waals surface area contributed by atoms with Crippen LogP contribution < -0.4 is 0 Å². The molecule has 130 valence electrons. The van der Waals surface area contributed by atoms with Gasteiger partial charge in [-0.25, -0.2) is 0 Å². The number of aromatic nitrogens is 3. The van der Waals surface area contributed by atoms with E-state index < -0.39 is 0 Å². The van der Waals surface area contributed by atoms with Crippen molar-refractivity contribution in [1.29, 1.82) is 0 Å². The molecule has 5 heteroatoms. The third-order valence-corrected chi connectivity index (χ3v) is 5.14. The number of H-pyrrole nitrogens is 1. The van der Waals surface area contributed by atoms with E-state index >= 15 is 0 Å². The van der Waals surface area contributed by atoms with Crippen LogP contribution in [0.3, 0.4) is 0 Å². The predicted octanol–water partition coefficient (Wildman–Crippen LogP) is 3.68. The van der Waals surface area contributed by atoms with Crippen LogP contribution in [0, 0.1) is 13.8 Å². The molecule has 0 radical (unpaired) electrons. The molecule has 0 spiro atoms. The number of fused-ring (bicyclic) bond motifs is 1. The van der Waals surface area contributed by atoms with Gasteiger partial charge in [0.2, 0.25) is 0 Å². The zero-order chi connectivity index (χ0) is 17.4. The molecular weight excluding hydrogens is 312 g/mol. The van der Waals surface area contributed by atoms with Crippen molar-refractivity contribution in [2.24, 2.45) is 0 Å². The van der Waals surface area contributed by atoms with E-state index in [9.17, 15) is 4.79 Å². The Morgan fingerprint density at radius 1 is 1.24 bits per heavy atom. The molecule has 1 atom stereocenters. The molecule has 0 aliphatic carbocycles. The Morgan fingerprint density at radius 2 is 2.08 bits per heavy atom. The standard InChI is InChI=1S/C20H24N4O/c1-14-11-15(2)24(22-14)13-17-8-5-6-10-23(17)20(25)19-12-16-7-3-4-9-18(16)21-19/h3-4,7,9,11-12,17,21H,5-6,8,10,13H2,1-2H3/t17-/m1/s1. The van der Waals surface area contributed by atoms with Gasteiger partial charge in [0, 0.05) is 23.1 Å². The van der Waals surface area contributed by atoms with Gasteiger partial charge in [0.1, 0.15) is 5.69 Å². The lowest BCUT2D eigenvalue weighted by Crippen LogP contribution is -2.46. The minimum atomic E-state index is 0.0995. The fraction of sp³-hybridized carbons (Fsp3) is 0.400. The maximum Gasteiger partial charge on any atom is 0.270 e. The number of carbonyl (C=O) groups excluding carboxylic acids is 1. The lowest BCUT2D eigenvalue weighted by atomic mass is 10.0. The summed E-state index contributed by atoms with van der Waals surface area (Å²) in [6.07, 6.45) is 3.27. The van der Waals surface area contributed by atoms with Crippen LogP contribution in [-0.4, -0.2) is 38.2 Å². The number of likely N-dealkylation sites (tertiary alicyclic amines) is 1. The van der Waals surface area contributed by atoms with Crippen molar-refractivity contribution in [1.82, 2.24) is 19.7 Å². The number of carbonyl (C=O) groups is 1. The lowest BCUT2D eigenvalue weighted by Gasteiger charge is -2.35. The molecule has 1 aliphatic rings. The van der Waals surface area contributed by atoms with Crippen molar-refractivity contribution in [2.45, 2.75) is 45.7 Å². The van der Waals surface area contributed by atoms with Crippen LogP contribution >= 0.6 is 0 Å². The largest absolute Gasteiger partial charge is 0.351 e. The van der Waals surface area contributed by atoms with Gasteiger partial charge < -0.3 is 9.88 Å². The summed E-state index contributed by atoms with van der Waals surface area (Å²) in [6.45, 7) is 5.67. The van der Waals surface area contributed by atoms with Crippen LogP contribution in [0.5, 0.6) is 0 Å². The molecule has 3 aromatic rings. The lowest BCUT2D eigenvalue weighted by molar-refractivity contribution is 0.0577. The summed E-state index contributed by atoms with van der Waals surface area (Å²) in [5.41, 5.74) is 3.88. The van der Waals surface area contributed by atoms with E-state index in [2.05, 4.69) is 23.1 Å². The number of aromatic amines is 1. The number of nitrogens with one attached hydrogen (secondary N) is 1. The first-order valence-electron chi connectivity index (χ1n) is 9.01. The Hall–Kier alpha value is -2.56. The highest BCUT2D eigenvalue weighted by Crippen LogP contribution is 2.23. The highest BCUT2D eigenvalue weighted by molar-refractivity contribution is 5.98. The molecule has 25 heavy (non-hydrogen) atoms. The van der Waals surface area contributed by atoms with E-state index in [4.69, 9.17) is 0 Å². The normalized spacial score (nSPS) is 18.0. The molecule has 2 aromatic heterocycles. The third kappa shape index (κ3) is 3.06. The monoisotopic (exact) mass is 336 g/mol. The third-order valence-electron chi connectivity index (χ3n) is 5.14. The molecule has 0 unspecified atom stereocenters. The second kappa shape index (κ2) is 6.39. The first-order chi connectivity index (χ1) is 12.1. The number of hydrogen-bond acceptors (Lipinski definition) is 2. The van der Waals surface area contributed by atoms with E-state index in [0.717, 1.165) is 48.2 Å². The average Bonchev–Trinajstić information content (AvgIpc) is 3.17. The Bertz CT molecular complexity index is 874. The molecule has 1 aliphatic heterocycles. The molecule has 3 heterocycles. The van der Waals surface area contributed by atoms with Gasteiger partial charge in [-0.05, 0) is 51.3 Å². The van der Waals surface area contributed by atoms with Crippen LogP contribution in [0.1, 0.15) is 41.1 Å². The Kier molecular flexibility index (Phi) is 4.07.